The van der Waals surface area contributed by atoms with E-state index >= 15 is 0 Å². The molecule has 3 rings (SSSR count). The van der Waals surface area contributed by atoms with Gasteiger partial charge >= 0.3 is 6.18 Å². The molecule has 0 amide bonds. The largest absolute Gasteiger partial charge is 0.449 e. The Balaban J connectivity index is 1.87. The van der Waals surface area contributed by atoms with Gasteiger partial charge in [-0.05, 0) is 12.5 Å². The van der Waals surface area contributed by atoms with Gasteiger partial charge in [0.15, 0.2) is 0 Å². The highest BCUT2D eigenvalue weighted by atomic mass is 19.4. The number of hydrogen-bond acceptors (Lipinski definition) is 5. The molecule has 0 bridgehead atoms. The molecule has 2 heterocycles. The summed E-state index contributed by atoms with van der Waals surface area (Å²) in [4.78, 5) is 28.7. The highest BCUT2D eigenvalue weighted by Crippen LogP contribution is 2.27. The van der Waals surface area contributed by atoms with Gasteiger partial charge in [0.05, 0.1) is 10.6 Å². The molecule has 1 N–H and O–H groups in total. The number of nitro groups is 1. The van der Waals surface area contributed by atoms with E-state index in [2.05, 4.69) is 4.98 Å². The van der Waals surface area contributed by atoms with Crippen LogP contribution in [0.2, 0.25) is 0 Å². The fourth-order valence-electron chi connectivity index (χ4n) is 2.80. The maximum Gasteiger partial charge on any atom is 0.449 e. The Morgan fingerprint density at radius 2 is 2.08 bits per heavy atom. The first-order valence-corrected chi connectivity index (χ1v) is 7.49. The van der Waals surface area contributed by atoms with Crippen LogP contribution in [0.3, 0.4) is 0 Å². The summed E-state index contributed by atoms with van der Waals surface area (Å²) in [7, 11) is 0. The Labute approximate surface area is 143 Å². The molecular weight excluding hydrogens is 360 g/mol. The van der Waals surface area contributed by atoms with E-state index in [4.69, 9.17) is 0 Å². The molecule has 0 atom stereocenters. The molecule has 0 radical (unpaired) electrons. The molecule has 0 saturated carbocycles. The number of benzene rings is 1. The first-order chi connectivity index (χ1) is 12.1. The van der Waals surface area contributed by atoms with E-state index in [-0.39, 0.29) is 48.6 Å². The Kier molecular flexibility index (Phi) is 4.48. The molecule has 0 aliphatic carbocycles. The van der Waals surface area contributed by atoms with Gasteiger partial charge in [-0.3, -0.25) is 19.8 Å². The van der Waals surface area contributed by atoms with Gasteiger partial charge in [-0.25, -0.2) is 9.37 Å². The third-order valence-corrected chi connectivity index (χ3v) is 4.06. The monoisotopic (exact) mass is 372 g/mol. The maximum absolute atomic E-state index is 13.9. The summed E-state index contributed by atoms with van der Waals surface area (Å²) >= 11 is 0. The molecule has 1 aromatic carbocycles. The number of nitro benzene ring substituents is 1. The van der Waals surface area contributed by atoms with E-state index in [0.717, 1.165) is 18.2 Å². The fraction of sp³-hybridized carbons (Fsp3) is 0.333. The van der Waals surface area contributed by atoms with Crippen LogP contribution >= 0.6 is 0 Å². The van der Waals surface area contributed by atoms with Gasteiger partial charge in [-0.15, -0.1) is 0 Å². The van der Waals surface area contributed by atoms with Crippen LogP contribution in [0, 0.1) is 15.9 Å². The lowest BCUT2D eigenvalue weighted by Crippen LogP contribution is -2.36. The number of aromatic nitrogens is 2. The van der Waals surface area contributed by atoms with Crippen LogP contribution in [0.15, 0.2) is 23.0 Å². The van der Waals surface area contributed by atoms with Crippen molar-refractivity contribution in [2.45, 2.75) is 25.7 Å². The molecule has 7 nitrogen and oxygen atoms in total. The van der Waals surface area contributed by atoms with Gasteiger partial charge in [0, 0.05) is 42.9 Å². The zero-order valence-electron chi connectivity index (χ0n) is 13.1. The number of H-pyrrole nitrogens is 1. The van der Waals surface area contributed by atoms with Gasteiger partial charge in [0.2, 0.25) is 5.82 Å². The Morgan fingerprint density at radius 3 is 2.73 bits per heavy atom. The first kappa shape index (κ1) is 18.0. The van der Waals surface area contributed by atoms with Crippen LogP contribution in [0.4, 0.5) is 23.2 Å². The quantitative estimate of drug-likeness (QED) is 0.507. The first-order valence-electron chi connectivity index (χ1n) is 7.49. The van der Waals surface area contributed by atoms with Crippen molar-refractivity contribution in [3.8, 4) is 0 Å². The van der Waals surface area contributed by atoms with Crippen molar-refractivity contribution in [1.82, 2.24) is 14.9 Å². The molecular formula is C15H12F4N4O3. The summed E-state index contributed by atoms with van der Waals surface area (Å²) in [5.74, 6) is -2.04. The van der Waals surface area contributed by atoms with E-state index in [9.17, 15) is 32.5 Å². The highest BCUT2D eigenvalue weighted by Gasteiger charge is 2.36. The van der Waals surface area contributed by atoms with Gasteiger partial charge in [-0.1, -0.05) is 0 Å². The number of nitrogens with one attached hydrogen (secondary N) is 1. The molecule has 11 heteroatoms. The minimum atomic E-state index is -4.79. The zero-order chi connectivity index (χ0) is 19.1. The van der Waals surface area contributed by atoms with E-state index in [1.807, 2.05) is 0 Å². The lowest BCUT2D eigenvalue weighted by molar-refractivity contribution is -0.385. The Bertz CT molecular complexity index is 926. The number of nitrogens with zero attached hydrogens (tertiary/aromatic N) is 3. The standard InChI is InChI=1S/C15H12F4N4O3/c16-11-2-1-9(23(25)26)5-8(11)6-22-4-3-10-12(7-22)20-14(15(17,18)19)21-13(10)24/h1-2,5H,3-4,6-7H2,(H,20,21,24). The van der Waals surface area contributed by atoms with Crippen molar-refractivity contribution in [2.75, 3.05) is 6.54 Å². The summed E-state index contributed by atoms with van der Waals surface area (Å²) in [6.45, 7) is 0.137. The third-order valence-electron chi connectivity index (χ3n) is 4.06. The number of non-ortho nitro benzene ring substituents is 1. The summed E-state index contributed by atoms with van der Waals surface area (Å²) in [5.41, 5.74) is -0.952. The van der Waals surface area contributed by atoms with E-state index in [1.54, 1.807) is 9.88 Å². The number of hydrogen-bond donors (Lipinski definition) is 1. The summed E-state index contributed by atoms with van der Waals surface area (Å²) in [5, 5.41) is 10.8. The molecule has 0 fully saturated rings. The number of halogens is 4. The molecule has 0 unspecified atom stereocenters. The predicted octanol–water partition coefficient (Wildman–Crippen LogP) is 2.39. The average Bonchev–Trinajstić information content (AvgIpc) is 2.55. The summed E-state index contributed by atoms with van der Waals surface area (Å²) in [6, 6.07) is 3.08. The fourth-order valence-corrected chi connectivity index (χ4v) is 2.80. The van der Waals surface area contributed by atoms with Crippen molar-refractivity contribution in [3.05, 3.63) is 67.1 Å². The topological polar surface area (TPSA) is 92.1 Å². The maximum atomic E-state index is 13.9. The SMILES string of the molecule is O=c1[nH]c(C(F)(F)F)nc2c1CCN(Cc1cc([N+](=O)[O-])ccc1F)C2. The Hall–Kier alpha value is -2.82. The highest BCUT2D eigenvalue weighted by molar-refractivity contribution is 5.35. The smallest absolute Gasteiger partial charge is 0.303 e. The summed E-state index contributed by atoms with van der Waals surface area (Å²) < 4.78 is 52.3. The number of rotatable bonds is 3. The zero-order valence-corrected chi connectivity index (χ0v) is 13.1. The van der Waals surface area contributed by atoms with Gasteiger partial charge in [-0.2, -0.15) is 13.2 Å². The Morgan fingerprint density at radius 1 is 1.35 bits per heavy atom. The van der Waals surface area contributed by atoms with E-state index in [0.29, 0.717) is 0 Å². The average molecular weight is 372 g/mol. The van der Waals surface area contributed by atoms with Crippen LogP contribution in [0.5, 0.6) is 0 Å². The second-order valence-electron chi connectivity index (χ2n) is 5.83. The molecule has 1 aliphatic rings. The lowest BCUT2D eigenvalue weighted by atomic mass is 10.1. The van der Waals surface area contributed by atoms with Crippen LogP contribution in [-0.4, -0.2) is 26.3 Å². The molecule has 1 aliphatic heterocycles. The van der Waals surface area contributed by atoms with Crippen molar-refractivity contribution >= 4 is 5.69 Å². The molecule has 0 spiro atoms. The van der Waals surface area contributed by atoms with E-state index < -0.39 is 28.3 Å². The van der Waals surface area contributed by atoms with Crippen molar-refractivity contribution in [2.24, 2.45) is 0 Å². The van der Waals surface area contributed by atoms with Crippen molar-refractivity contribution in [1.29, 1.82) is 0 Å². The van der Waals surface area contributed by atoms with Crippen LogP contribution in [0.1, 0.15) is 22.6 Å². The molecule has 26 heavy (non-hydrogen) atoms. The summed E-state index contributed by atoms with van der Waals surface area (Å²) in [6.07, 6.45) is -4.64. The molecule has 1 aromatic heterocycles. The molecule has 138 valence electrons. The van der Waals surface area contributed by atoms with Crippen molar-refractivity contribution in [3.63, 3.8) is 0 Å². The second kappa shape index (κ2) is 6.48. The van der Waals surface area contributed by atoms with Gasteiger partial charge in [0.25, 0.3) is 11.2 Å². The molecule has 0 saturated heterocycles. The molecule has 2 aromatic rings. The van der Waals surface area contributed by atoms with Gasteiger partial charge in [0.1, 0.15) is 5.82 Å². The van der Waals surface area contributed by atoms with Crippen LogP contribution in [0.25, 0.3) is 0 Å². The third kappa shape index (κ3) is 3.57. The van der Waals surface area contributed by atoms with E-state index in [1.165, 1.54) is 0 Å². The lowest BCUT2D eigenvalue weighted by Gasteiger charge is -2.27. The van der Waals surface area contributed by atoms with Crippen LogP contribution < -0.4 is 5.56 Å². The van der Waals surface area contributed by atoms with Gasteiger partial charge < -0.3 is 4.98 Å². The minimum Gasteiger partial charge on any atom is -0.303 e. The second-order valence-corrected chi connectivity index (χ2v) is 5.83. The number of fused-ring (bicyclic) bond motifs is 1. The number of alkyl halides is 3. The predicted molar refractivity (Wildman–Crippen MR) is 80.7 cm³/mol. The normalized spacial score (nSPS) is 14.9. The van der Waals surface area contributed by atoms with Crippen LogP contribution in [-0.2, 0) is 25.7 Å². The minimum absolute atomic E-state index is 0.0295. The number of aromatic amines is 1. The van der Waals surface area contributed by atoms with Crippen molar-refractivity contribution < 1.29 is 22.5 Å².